The molecule has 1 aromatic heterocycles. The normalized spacial score (nSPS) is 16.5. The lowest BCUT2D eigenvalue weighted by Gasteiger charge is -2.22. The summed E-state index contributed by atoms with van der Waals surface area (Å²) in [5.74, 6) is 1.02. The highest BCUT2D eigenvalue weighted by Crippen LogP contribution is 2.35. The van der Waals surface area contributed by atoms with Crippen LogP contribution >= 0.6 is 0 Å². The van der Waals surface area contributed by atoms with Crippen molar-refractivity contribution < 1.29 is 4.74 Å². The minimum atomic E-state index is 0.192. The van der Waals surface area contributed by atoms with Gasteiger partial charge in [0.15, 0.2) is 0 Å². The number of nitrogens with zero attached hydrogens (tertiary/aromatic N) is 1. The van der Waals surface area contributed by atoms with Crippen molar-refractivity contribution in [1.29, 1.82) is 0 Å². The van der Waals surface area contributed by atoms with Gasteiger partial charge in [-0.25, -0.2) is 0 Å². The molecule has 0 saturated carbocycles. The zero-order chi connectivity index (χ0) is 13.3. The first-order valence-electron chi connectivity index (χ1n) is 6.78. The molecule has 1 aliphatic rings. The van der Waals surface area contributed by atoms with Gasteiger partial charge in [-0.15, -0.1) is 0 Å². The maximum Gasteiger partial charge on any atom is 0.143 e. The highest BCUT2D eigenvalue weighted by Gasteiger charge is 2.25. The van der Waals surface area contributed by atoms with Crippen LogP contribution in [0.15, 0.2) is 24.4 Å². The van der Waals surface area contributed by atoms with Crippen LogP contribution in [0.5, 0.6) is 5.75 Å². The van der Waals surface area contributed by atoms with E-state index in [1.165, 1.54) is 16.5 Å². The number of aryl methyl sites for hydroxylation is 1. The van der Waals surface area contributed by atoms with Crippen LogP contribution in [0.2, 0.25) is 0 Å². The molecule has 0 fully saturated rings. The summed E-state index contributed by atoms with van der Waals surface area (Å²) in [5, 5.41) is 1.32. The lowest BCUT2D eigenvalue weighted by Crippen LogP contribution is -2.24. The Morgan fingerprint density at radius 3 is 2.67 bits per heavy atom. The van der Waals surface area contributed by atoms with E-state index in [1.807, 2.05) is 13.8 Å². The Bertz CT molecular complexity index is 551. The minimum Gasteiger partial charge on any atom is -0.491 e. The molecule has 2 nitrogen and oxygen atoms in total. The molecule has 98 valence electrons. The summed E-state index contributed by atoms with van der Waals surface area (Å²) >= 11 is 0. The molecular formula is C16H23NO. The van der Waals surface area contributed by atoms with Crippen molar-refractivity contribution in [3.8, 4) is 5.75 Å². The van der Waals surface area contributed by atoms with E-state index < -0.39 is 0 Å². The number of hydrogen-bond acceptors (Lipinski definition) is 1. The summed E-state index contributed by atoms with van der Waals surface area (Å²) in [5.41, 5.74) is 2.78. The minimum absolute atomic E-state index is 0.192. The third-order valence-electron chi connectivity index (χ3n) is 3.28. The van der Waals surface area contributed by atoms with Gasteiger partial charge in [-0.2, -0.15) is 0 Å². The van der Waals surface area contributed by atoms with Gasteiger partial charge >= 0.3 is 0 Å². The number of hydrogen-bond donors (Lipinski definition) is 0. The van der Waals surface area contributed by atoms with E-state index in [4.69, 9.17) is 4.74 Å². The highest BCUT2D eigenvalue weighted by atomic mass is 16.5. The van der Waals surface area contributed by atoms with Crippen LogP contribution in [0.4, 0.5) is 0 Å². The van der Waals surface area contributed by atoms with Crippen LogP contribution in [0.1, 0.15) is 33.3 Å². The fourth-order valence-electron chi connectivity index (χ4n) is 2.53. The molecule has 1 aliphatic heterocycles. The van der Waals surface area contributed by atoms with Crippen molar-refractivity contribution in [3.63, 3.8) is 0 Å². The summed E-state index contributed by atoms with van der Waals surface area (Å²) in [6.45, 7) is 12.5. The Kier molecular flexibility index (Phi) is 3.38. The van der Waals surface area contributed by atoms with Crippen molar-refractivity contribution in [2.75, 3.05) is 6.61 Å². The standard InChI is InChI=1S/C14H17NO.C2H6/c1-10-7-15-8-14(2,3)9-16-12-6-4-5-11(10)13(12)15;1-2/h4-7H,8-9H2,1-3H3;1-2H3. The average Bonchev–Trinajstić information content (AvgIpc) is 2.59. The van der Waals surface area contributed by atoms with E-state index in [0.717, 1.165) is 18.9 Å². The van der Waals surface area contributed by atoms with Gasteiger partial charge in [-0.1, -0.05) is 39.8 Å². The van der Waals surface area contributed by atoms with Crippen LogP contribution < -0.4 is 4.74 Å². The van der Waals surface area contributed by atoms with Crippen molar-refractivity contribution in [2.45, 2.75) is 41.2 Å². The monoisotopic (exact) mass is 245 g/mol. The molecule has 0 bridgehead atoms. The van der Waals surface area contributed by atoms with E-state index >= 15 is 0 Å². The Morgan fingerprint density at radius 2 is 1.94 bits per heavy atom. The molecule has 0 saturated heterocycles. The van der Waals surface area contributed by atoms with Crippen molar-refractivity contribution in [3.05, 3.63) is 30.0 Å². The molecule has 2 heterocycles. The Balaban J connectivity index is 0.000000574. The average molecular weight is 245 g/mol. The largest absolute Gasteiger partial charge is 0.491 e. The van der Waals surface area contributed by atoms with Gasteiger partial charge in [-0.05, 0) is 18.6 Å². The second-order valence-electron chi connectivity index (χ2n) is 5.55. The number of benzene rings is 1. The predicted octanol–water partition coefficient (Wildman–Crippen LogP) is 4.39. The van der Waals surface area contributed by atoms with Crippen molar-refractivity contribution in [1.82, 2.24) is 4.57 Å². The molecule has 0 amide bonds. The molecule has 0 spiro atoms. The first-order valence-corrected chi connectivity index (χ1v) is 6.78. The SMILES string of the molecule is CC.Cc1cn2c3c(cccc13)OCC(C)(C)C2. The molecule has 0 aliphatic carbocycles. The quantitative estimate of drug-likeness (QED) is 0.671. The van der Waals surface area contributed by atoms with Crippen LogP contribution in [0.25, 0.3) is 10.9 Å². The number of aromatic nitrogens is 1. The lowest BCUT2D eigenvalue weighted by molar-refractivity contribution is 0.172. The molecule has 18 heavy (non-hydrogen) atoms. The topological polar surface area (TPSA) is 14.2 Å². The smallest absolute Gasteiger partial charge is 0.143 e. The van der Waals surface area contributed by atoms with E-state index in [9.17, 15) is 0 Å². The first kappa shape index (κ1) is 13.0. The first-order chi connectivity index (χ1) is 8.57. The second-order valence-corrected chi connectivity index (χ2v) is 5.55. The zero-order valence-corrected chi connectivity index (χ0v) is 12.1. The fraction of sp³-hybridized carbons (Fsp3) is 0.500. The van der Waals surface area contributed by atoms with Gasteiger partial charge in [-0.3, -0.25) is 0 Å². The van der Waals surface area contributed by atoms with Gasteiger partial charge in [0.1, 0.15) is 5.75 Å². The molecule has 2 heteroatoms. The second kappa shape index (κ2) is 4.68. The summed E-state index contributed by atoms with van der Waals surface area (Å²) in [6.07, 6.45) is 2.24. The molecule has 1 aromatic carbocycles. The van der Waals surface area contributed by atoms with Gasteiger partial charge in [0, 0.05) is 23.5 Å². The summed E-state index contributed by atoms with van der Waals surface area (Å²) in [7, 11) is 0. The molecule has 0 atom stereocenters. The van der Waals surface area contributed by atoms with Gasteiger partial charge in [0.2, 0.25) is 0 Å². The molecule has 2 aromatic rings. The molecule has 3 rings (SSSR count). The summed E-state index contributed by atoms with van der Waals surface area (Å²) < 4.78 is 8.27. The van der Waals surface area contributed by atoms with Gasteiger partial charge in [0.25, 0.3) is 0 Å². The van der Waals surface area contributed by atoms with E-state index in [1.54, 1.807) is 0 Å². The van der Waals surface area contributed by atoms with Crippen LogP contribution in [-0.4, -0.2) is 11.2 Å². The number of rotatable bonds is 0. The van der Waals surface area contributed by atoms with E-state index in [-0.39, 0.29) is 5.41 Å². The Labute approximate surface area is 110 Å². The van der Waals surface area contributed by atoms with Crippen LogP contribution in [0, 0.1) is 12.3 Å². The number of para-hydroxylation sites is 1. The van der Waals surface area contributed by atoms with Crippen LogP contribution in [-0.2, 0) is 6.54 Å². The van der Waals surface area contributed by atoms with E-state index in [0.29, 0.717) is 0 Å². The van der Waals surface area contributed by atoms with Crippen molar-refractivity contribution in [2.24, 2.45) is 5.41 Å². The Morgan fingerprint density at radius 1 is 1.22 bits per heavy atom. The molecular weight excluding hydrogens is 222 g/mol. The molecule has 0 N–H and O–H groups in total. The predicted molar refractivity (Wildman–Crippen MR) is 77.3 cm³/mol. The summed E-state index contributed by atoms with van der Waals surface area (Å²) in [6, 6.07) is 6.32. The van der Waals surface area contributed by atoms with E-state index in [2.05, 4.69) is 49.7 Å². The highest BCUT2D eigenvalue weighted by molar-refractivity contribution is 5.89. The fourth-order valence-corrected chi connectivity index (χ4v) is 2.53. The third-order valence-corrected chi connectivity index (χ3v) is 3.28. The third kappa shape index (κ3) is 2.12. The van der Waals surface area contributed by atoms with Gasteiger partial charge in [0.05, 0.1) is 12.1 Å². The van der Waals surface area contributed by atoms with Crippen molar-refractivity contribution >= 4 is 10.9 Å². The van der Waals surface area contributed by atoms with Gasteiger partial charge < -0.3 is 9.30 Å². The maximum absolute atomic E-state index is 5.93. The maximum atomic E-state index is 5.93. The number of ether oxygens (including phenoxy) is 1. The lowest BCUT2D eigenvalue weighted by atomic mass is 9.95. The van der Waals surface area contributed by atoms with Crippen LogP contribution in [0.3, 0.4) is 0 Å². The molecule has 0 radical (unpaired) electrons. The zero-order valence-electron chi connectivity index (χ0n) is 12.1. The summed E-state index contributed by atoms with van der Waals surface area (Å²) in [4.78, 5) is 0. The molecule has 0 unspecified atom stereocenters. The Hall–Kier alpha value is -1.44.